The maximum Gasteiger partial charge on any atom is 0.0722 e. The molecule has 0 radical (unpaired) electrons. The highest BCUT2D eigenvalue weighted by molar-refractivity contribution is 5.86. The molecule has 0 saturated carbocycles. The molecule has 3 nitrogen and oxygen atoms in total. The molecule has 0 aliphatic carbocycles. The van der Waals surface area contributed by atoms with E-state index in [1.165, 1.54) is 5.56 Å². The number of hydrogen-bond acceptors (Lipinski definition) is 2. The van der Waals surface area contributed by atoms with Gasteiger partial charge in [0.15, 0.2) is 0 Å². The van der Waals surface area contributed by atoms with Crippen LogP contribution in [0.25, 0.3) is 17.0 Å². The smallest absolute Gasteiger partial charge is 0.0722 e. The molecule has 0 fully saturated rings. The number of aromatic nitrogens is 2. The Kier molecular flexibility index (Phi) is 2.60. The molecule has 2 rings (SSSR count). The molecule has 0 aliphatic rings. The Bertz CT molecular complexity index is 442. The average Bonchev–Trinajstić information content (AvgIpc) is 2.67. The van der Waals surface area contributed by atoms with Crippen LogP contribution in [-0.4, -0.2) is 23.8 Å². The molecule has 0 amide bonds. The summed E-state index contributed by atoms with van der Waals surface area (Å²) in [4.78, 5) is 0. The van der Waals surface area contributed by atoms with E-state index in [1.54, 1.807) is 0 Å². The molecule has 0 aliphatic heterocycles. The lowest BCUT2D eigenvalue weighted by atomic mass is 10.1. The molecule has 1 aromatic carbocycles. The summed E-state index contributed by atoms with van der Waals surface area (Å²) in [6.45, 7) is 0.879. The molecule has 0 bridgehead atoms. The molecule has 2 aromatic rings. The molecule has 2 N–H and O–H groups in total. The van der Waals surface area contributed by atoms with Crippen molar-refractivity contribution in [3.8, 4) is 0 Å². The minimum absolute atomic E-state index is 0.879. The van der Waals surface area contributed by atoms with Crippen molar-refractivity contribution in [3.05, 3.63) is 36.0 Å². The van der Waals surface area contributed by atoms with Crippen LogP contribution in [0.5, 0.6) is 0 Å². The molecule has 72 valence electrons. The first kappa shape index (κ1) is 8.97. The largest absolute Gasteiger partial charge is 0.316 e. The lowest BCUT2D eigenvalue weighted by Crippen LogP contribution is -2.03. The van der Waals surface area contributed by atoms with Gasteiger partial charge in [-0.1, -0.05) is 30.4 Å². The van der Waals surface area contributed by atoms with Crippen molar-refractivity contribution >= 4 is 17.0 Å². The maximum atomic E-state index is 4.02. The Morgan fingerprint density at radius 3 is 3.29 bits per heavy atom. The topological polar surface area (TPSA) is 40.7 Å². The Morgan fingerprint density at radius 2 is 2.43 bits per heavy atom. The van der Waals surface area contributed by atoms with Crippen molar-refractivity contribution in [2.45, 2.75) is 0 Å². The summed E-state index contributed by atoms with van der Waals surface area (Å²) in [7, 11) is 1.93. The summed E-state index contributed by atoms with van der Waals surface area (Å²) in [5, 5.41) is 11.2. The molecule has 1 heterocycles. The van der Waals surface area contributed by atoms with E-state index in [0.717, 1.165) is 17.4 Å². The third-order valence-electron chi connectivity index (χ3n) is 2.13. The van der Waals surface area contributed by atoms with Gasteiger partial charge in [-0.15, -0.1) is 0 Å². The molecule has 0 atom stereocenters. The average molecular weight is 187 g/mol. The van der Waals surface area contributed by atoms with E-state index in [9.17, 15) is 0 Å². The van der Waals surface area contributed by atoms with Crippen molar-refractivity contribution in [1.82, 2.24) is 15.5 Å². The summed E-state index contributed by atoms with van der Waals surface area (Å²) in [6, 6.07) is 6.16. The van der Waals surface area contributed by atoms with Crippen molar-refractivity contribution < 1.29 is 0 Å². The van der Waals surface area contributed by atoms with E-state index in [0.29, 0.717) is 0 Å². The Hall–Kier alpha value is -1.61. The van der Waals surface area contributed by atoms with E-state index >= 15 is 0 Å². The fourth-order valence-electron chi connectivity index (χ4n) is 1.43. The summed E-state index contributed by atoms with van der Waals surface area (Å²) in [5.41, 5.74) is 2.27. The number of likely N-dealkylation sites (N-methyl/N-ethyl adjacent to an activating group) is 1. The summed E-state index contributed by atoms with van der Waals surface area (Å²) < 4.78 is 0. The van der Waals surface area contributed by atoms with Gasteiger partial charge in [0.2, 0.25) is 0 Å². The van der Waals surface area contributed by atoms with Crippen molar-refractivity contribution in [2.24, 2.45) is 0 Å². The monoisotopic (exact) mass is 187 g/mol. The number of H-pyrrole nitrogens is 1. The number of benzene rings is 1. The van der Waals surface area contributed by atoms with Gasteiger partial charge in [0.1, 0.15) is 0 Å². The predicted molar refractivity (Wildman–Crippen MR) is 59.1 cm³/mol. The molecule has 1 aromatic heterocycles. The van der Waals surface area contributed by atoms with Gasteiger partial charge >= 0.3 is 0 Å². The number of nitrogens with one attached hydrogen (secondary N) is 2. The highest BCUT2D eigenvalue weighted by Crippen LogP contribution is 2.16. The first-order valence-electron chi connectivity index (χ1n) is 4.65. The van der Waals surface area contributed by atoms with Crippen LogP contribution in [0.1, 0.15) is 5.56 Å². The van der Waals surface area contributed by atoms with Gasteiger partial charge in [-0.3, -0.25) is 5.10 Å². The Labute approximate surface area is 82.8 Å². The van der Waals surface area contributed by atoms with Crippen LogP contribution in [0, 0.1) is 0 Å². The fraction of sp³-hybridized carbons (Fsp3) is 0.182. The number of hydrogen-bond donors (Lipinski definition) is 2. The summed E-state index contributed by atoms with van der Waals surface area (Å²) >= 11 is 0. The van der Waals surface area contributed by atoms with Gasteiger partial charge < -0.3 is 5.32 Å². The quantitative estimate of drug-likeness (QED) is 0.769. The van der Waals surface area contributed by atoms with Crippen LogP contribution < -0.4 is 5.32 Å². The fourth-order valence-corrected chi connectivity index (χ4v) is 1.43. The third kappa shape index (κ3) is 1.67. The van der Waals surface area contributed by atoms with Crippen LogP contribution in [0.2, 0.25) is 0 Å². The van der Waals surface area contributed by atoms with Crippen LogP contribution in [-0.2, 0) is 0 Å². The van der Waals surface area contributed by atoms with Crippen molar-refractivity contribution in [3.63, 3.8) is 0 Å². The molecule has 14 heavy (non-hydrogen) atoms. The summed E-state index contributed by atoms with van der Waals surface area (Å²) in [5.74, 6) is 0. The molecular weight excluding hydrogens is 174 g/mol. The van der Waals surface area contributed by atoms with E-state index in [-0.39, 0.29) is 0 Å². The highest BCUT2D eigenvalue weighted by atomic mass is 15.1. The van der Waals surface area contributed by atoms with Crippen molar-refractivity contribution in [2.75, 3.05) is 13.6 Å². The SMILES string of the molecule is CNCC=Cc1cccc2cn[nH]c12. The highest BCUT2D eigenvalue weighted by Gasteiger charge is 1.97. The summed E-state index contributed by atoms with van der Waals surface area (Å²) in [6.07, 6.45) is 6.03. The number of aromatic amines is 1. The zero-order chi connectivity index (χ0) is 9.80. The van der Waals surface area contributed by atoms with Gasteiger partial charge in [-0.05, 0) is 12.6 Å². The Balaban J connectivity index is 2.36. The van der Waals surface area contributed by atoms with Gasteiger partial charge in [0.25, 0.3) is 0 Å². The zero-order valence-corrected chi connectivity index (χ0v) is 8.12. The number of para-hydroxylation sites is 1. The number of fused-ring (bicyclic) bond motifs is 1. The lowest BCUT2D eigenvalue weighted by molar-refractivity contribution is 0.922. The van der Waals surface area contributed by atoms with Gasteiger partial charge in [0, 0.05) is 11.9 Å². The van der Waals surface area contributed by atoms with Crippen LogP contribution in [0.4, 0.5) is 0 Å². The lowest BCUT2D eigenvalue weighted by Gasteiger charge is -1.95. The standard InChI is InChI=1S/C11H13N3/c1-12-7-3-6-9-4-2-5-10-8-13-14-11(9)10/h2-6,8,12H,7H2,1H3,(H,13,14). The third-order valence-corrected chi connectivity index (χ3v) is 2.13. The normalized spacial score (nSPS) is 11.5. The van der Waals surface area contributed by atoms with Crippen LogP contribution in [0.15, 0.2) is 30.5 Å². The second kappa shape index (κ2) is 4.07. The zero-order valence-electron chi connectivity index (χ0n) is 8.12. The van der Waals surface area contributed by atoms with E-state index < -0.39 is 0 Å². The second-order valence-corrected chi connectivity index (χ2v) is 3.14. The minimum atomic E-state index is 0.879. The van der Waals surface area contributed by atoms with E-state index in [2.05, 4.69) is 33.7 Å². The Morgan fingerprint density at radius 1 is 1.50 bits per heavy atom. The van der Waals surface area contributed by atoms with Crippen LogP contribution >= 0.6 is 0 Å². The molecule has 0 spiro atoms. The van der Waals surface area contributed by atoms with E-state index in [1.807, 2.05) is 25.4 Å². The molecule has 0 saturated heterocycles. The number of nitrogens with zero attached hydrogens (tertiary/aromatic N) is 1. The first-order valence-corrected chi connectivity index (χ1v) is 4.65. The molecular formula is C11H13N3. The molecule has 3 heteroatoms. The number of rotatable bonds is 3. The van der Waals surface area contributed by atoms with Crippen LogP contribution in [0.3, 0.4) is 0 Å². The second-order valence-electron chi connectivity index (χ2n) is 3.14. The molecule has 0 unspecified atom stereocenters. The van der Waals surface area contributed by atoms with Gasteiger partial charge in [0.05, 0.1) is 11.7 Å². The minimum Gasteiger partial charge on any atom is -0.316 e. The van der Waals surface area contributed by atoms with E-state index in [4.69, 9.17) is 0 Å². The van der Waals surface area contributed by atoms with Crippen molar-refractivity contribution in [1.29, 1.82) is 0 Å². The van der Waals surface area contributed by atoms with Gasteiger partial charge in [-0.25, -0.2) is 0 Å². The maximum absolute atomic E-state index is 4.02. The van der Waals surface area contributed by atoms with Gasteiger partial charge in [-0.2, -0.15) is 5.10 Å². The predicted octanol–water partition coefficient (Wildman–Crippen LogP) is 1.80. The first-order chi connectivity index (χ1) is 6.92.